The second-order valence-corrected chi connectivity index (χ2v) is 5.99. The van der Waals surface area contributed by atoms with E-state index in [-0.39, 0.29) is 6.03 Å². The molecule has 1 aliphatic heterocycles. The van der Waals surface area contributed by atoms with Crippen molar-refractivity contribution in [3.05, 3.63) is 12.7 Å². The zero-order chi connectivity index (χ0) is 11.5. The maximum Gasteiger partial charge on any atom is 0.317 e. The fraction of sp³-hybridized carbons (Fsp3) is 0.667. The monoisotopic (exact) mass is 232 g/mol. The van der Waals surface area contributed by atoms with Gasteiger partial charge in [0.25, 0.3) is 0 Å². The van der Waals surface area contributed by atoms with Crippen LogP contribution in [0.25, 0.3) is 0 Å². The van der Waals surface area contributed by atoms with Crippen molar-refractivity contribution in [3.63, 3.8) is 0 Å². The quantitative estimate of drug-likeness (QED) is 0.697. The third-order valence-electron chi connectivity index (χ3n) is 2.44. The highest BCUT2D eigenvalue weighted by Gasteiger charge is 2.32. The first-order chi connectivity index (χ1) is 6.95. The van der Waals surface area contributed by atoms with Crippen LogP contribution in [0.1, 0.15) is 6.42 Å². The fourth-order valence-electron chi connectivity index (χ4n) is 1.53. The number of carbonyl (C=O) groups is 1. The number of nitrogens with zero attached hydrogens (tertiary/aromatic N) is 1. The molecule has 1 atom stereocenters. The number of rotatable bonds is 3. The van der Waals surface area contributed by atoms with E-state index in [1.165, 1.54) is 11.2 Å². The van der Waals surface area contributed by atoms with Gasteiger partial charge in [-0.25, -0.2) is 13.2 Å². The van der Waals surface area contributed by atoms with Crippen molar-refractivity contribution in [2.24, 2.45) is 0 Å². The molecular formula is C9H16N2O3S. The van der Waals surface area contributed by atoms with Gasteiger partial charge in [0.05, 0.1) is 5.25 Å². The summed E-state index contributed by atoms with van der Waals surface area (Å²) in [4.78, 5) is 13.0. The predicted octanol–water partition coefficient (Wildman–Crippen LogP) is 0.000900. The molecule has 15 heavy (non-hydrogen) atoms. The van der Waals surface area contributed by atoms with E-state index >= 15 is 0 Å². The Balaban J connectivity index is 2.49. The number of carbonyl (C=O) groups excluding carboxylic acids is 1. The van der Waals surface area contributed by atoms with Crippen molar-refractivity contribution >= 4 is 15.9 Å². The van der Waals surface area contributed by atoms with Gasteiger partial charge >= 0.3 is 6.03 Å². The topological polar surface area (TPSA) is 66.5 Å². The Morgan fingerprint density at radius 1 is 1.67 bits per heavy atom. The molecule has 0 spiro atoms. The Morgan fingerprint density at radius 2 is 2.33 bits per heavy atom. The third-order valence-corrected chi connectivity index (χ3v) is 4.03. The predicted molar refractivity (Wildman–Crippen MR) is 58.4 cm³/mol. The highest BCUT2D eigenvalue weighted by Crippen LogP contribution is 2.15. The second-order valence-electron chi connectivity index (χ2n) is 3.66. The molecule has 1 fully saturated rings. The molecule has 0 aromatic carbocycles. The Bertz CT molecular complexity index is 350. The van der Waals surface area contributed by atoms with E-state index in [4.69, 9.17) is 0 Å². The lowest BCUT2D eigenvalue weighted by molar-refractivity contribution is 0.210. The summed E-state index contributed by atoms with van der Waals surface area (Å²) in [5, 5.41) is 2.21. The van der Waals surface area contributed by atoms with E-state index in [0.717, 1.165) is 0 Å². The Labute approximate surface area is 90.1 Å². The zero-order valence-corrected chi connectivity index (χ0v) is 9.59. The number of likely N-dealkylation sites (tertiary alicyclic amines) is 1. The SMILES string of the molecule is C=CCNC(=O)N1CCC(S(C)(=O)=O)C1. The molecule has 5 nitrogen and oxygen atoms in total. The Hall–Kier alpha value is -1.04. The second kappa shape index (κ2) is 4.65. The summed E-state index contributed by atoms with van der Waals surface area (Å²) in [6.07, 6.45) is 3.32. The molecule has 0 bridgehead atoms. The number of nitrogens with one attached hydrogen (secondary N) is 1. The minimum absolute atomic E-state index is 0.221. The van der Waals surface area contributed by atoms with Gasteiger partial charge < -0.3 is 10.2 Å². The van der Waals surface area contributed by atoms with E-state index in [9.17, 15) is 13.2 Å². The van der Waals surface area contributed by atoms with E-state index in [2.05, 4.69) is 11.9 Å². The van der Waals surface area contributed by atoms with E-state index in [0.29, 0.717) is 26.1 Å². The van der Waals surface area contributed by atoms with Crippen LogP contribution in [0.4, 0.5) is 4.79 Å². The molecule has 1 N–H and O–H groups in total. The van der Waals surface area contributed by atoms with Gasteiger partial charge in [0.15, 0.2) is 9.84 Å². The molecule has 1 rings (SSSR count). The van der Waals surface area contributed by atoms with Crippen LogP contribution in [0, 0.1) is 0 Å². The molecule has 6 heteroatoms. The lowest BCUT2D eigenvalue weighted by Crippen LogP contribution is -2.39. The van der Waals surface area contributed by atoms with Crippen LogP contribution in [-0.2, 0) is 9.84 Å². The van der Waals surface area contributed by atoms with Crippen molar-refractivity contribution in [1.29, 1.82) is 0 Å². The molecule has 0 aliphatic carbocycles. The van der Waals surface area contributed by atoms with Gasteiger partial charge in [0.1, 0.15) is 0 Å². The van der Waals surface area contributed by atoms with Crippen molar-refractivity contribution in [1.82, 2.24) is 10.2 Å². The van der Waals surface area contributed by atoms with Crippen LogP contribution in [0.2, 0.25) is 0 Å². The highest BCUT2D eigenvalue weighted by molar-refractivity contribution is 7.91. The molecular weight excluding hydrogens is 216 g/mol. The molecule has 86 valence electrons. The molecule has 0 saturated carbocycles. The standard InChI is InChI=1S/C9H16N2O3S/c1-3-5-10-9(12)11-6-4-8(7-11)15(2,13)14/h3,8H,1,4-7H2,2H3,(H,10,12). The molecule has 2 amide bonds. The molecule has 1 unspecified atom stereocenters. The lowest BCUT2D eigenvalue weighted by Gasteiger charge is -2.16. The fourth-order valence-corrected chi connectivity index (χ4v) is 2.52. The smallest absolute Gasteiger partial charge is 0.317 e. The van der Waals surface area contributed by atoms with E-state index in [1.54, 1.807) is 6.08 Å². The van der Waals surface area contributed by atoms with Crippen LogP contribution in [0.3, 0.4) is 0 Å². The molecule has 0 radical (unpaired) electrons. The molecule has 1 heterocycles. The number of hydrogen-bond acceptors (Lipinski definition) is 3. The van der Waals surface area contributed by atoms with Gasteiger partial charge in [-0.05, 0) is 6.42 Å². The van der Waals surface area contributed by atoms with Crippen LogP contribution < -0.4 is 5.32 Å². The normalized spacial score (nSPS) is 21.4. The van der Waals surface area contributed by atoms with Crippen molar-refractivity contribution in [2.75, 3.05) is 25.9 Å². The summed E-state index contributed by atoms with van der Waals surface area (Å²) in [5.74, 6) is 0. The zero-order valence-electron chi connectivity index (χ0n) is 8.77. The number of sulfone groups is 1. The van der Waals surface area contributed by atoms with Crippen LogP contribution in [0.15, 0.2) is 12.7 Å². The maximum absolute atomic E-state index is 11.4. The van der Waals surface area contributed by atoms with Gasteiger partial charge in [-0.2, -0.15) is 0 Å². The van der Waals surface area contributed by atoms with Crippen LogP contribution in [0.5, 0.6) is 0 Å². The minimum Gasteiger partial charge on any atom is -0.335 e. The van der Waals surface area contributed by atoms with Crippen molar-refractivity contribution in [2.45, 2.75) is 11.7 Å². The van der Waals surface area contributed by atoms with E-state index < -0.39 is 15.1 Å². The van der Waals surface area contributed by atoms with Gasteiger partial charge in [-0.15, -0.1) is 6.58 Å². The number of urea groups is 1. The first-order valence-corrected chi connectivity index (χ1v) is 6.73. The summed E-state index contributed by atoms with van der Waals surface area (Å²) < 4.78 is 22.5. The largest absolute Gasteiger partial charge is 0.335 e. The van der Waals surface area contributed by atoms with E-state index in [1.807, 2.05) is 0 Å². The van der Waals surface area contributed by atoms with Gasteiger partial charge in [-0.1, -0.05) is 6.08 Å². The first kappa shape index (κ1) is 12.0. The van der Waals surface area contributed by atoms with Crippen molar-refractivity contribution in [3.8, 4) is 0 Å². The number of amides is 2. The average Bonchev–Trinajstić information content (AvgIpc) is 2.62. The first-order valence-electron chi connectivity index (χ1n) is 4.77. The minimum atomic E-state index is -3.03. The van der Waals surface area contributed by atoms with Gasteiger partial charge in [0, 0.05) is 25.9 Å². The highest BCUT2D eigenvalue weighted by atomic mass is 32.2. The molecule has 0 aromatic heterocycles. The summed E-state index contributed by atoms with van der Waals surface area (Å²) in [5.41, 5.74) is 0. The summed E-state index contributed by atoms with van der Waals surface area (Å²) in [7, 11) is -3.03. The third kappa shape index (κ3) is 3.23. The number of hydrogen-bond donors (Lipinski definition) is 1. The Kier molecular flexibility index (Phi) is 3.73. The Morgan fingerprint density at radius 3 is 2.80 bits per heavy atom. The average molecular weight is 232 g/mol. The molecule has 0 aromatic rings. The van der Waals surface area contributed by atoms with Gasteiger partial charge in [0.2, 0.25) is 0 Å². The molecule has 1 aliphatic rings. The van der Waals surface area contributed by atoms with Crippen LogP contribution in [-0.4, -0.2) is 50.5 Å². The summed E-state index contributed by atoms with van der Waals surface area (Å²) in [6.45, 7) is 4.68. The van der Waals surface area contributed by atoms with Crippen molar-refractivity contribution < 1.29 is 13.2 Å². The van der Waals surface area contributed by atoms with Crippen LogP contribution >= 0.6 is 0 Å². The maximum atomic E-state index is 11.4. The van der Waals surface area contributed by atoms with Gasteiger partial charge in [-0.3, -0.25) is 0 Å². The summed E-state index contributed by atoms with van der Waals surface area (Å²) >= 11 is 0. The summed E-state index contributed by atoms with van der Waals surface area (Å²) in [6, 6.07) is -0.221. The lowest BCUT2D eigenvalue weighted by atomic mass is 10.4. The molecule has 1 saturated heterocycles.